The van der Waals surface area contributed by atoms with Crippen LogP contribution < -0.4 is 11.1 Å². The number of aliphatic hydroxyl groups is 1. The van der Waals surface area contributed by atoms with Crippen LogP contribution >= 0.6 is 0 Å². The third-order valence-corrected chi connectivity index (χ3v) is 1.94. The molecule has 0 aliphatic rings. The molecule has 114 valence electrons. The summed E-state index contributed by atoms with van der Waals surface area (Å²) in [6.07, 6.45) is -1.71. The standard InChI is InChI=1S/C10H16N2O8/c11-5-6(13)12-9(17)10(18)20-19-8(16)4-2-1-3-7(14)15/h9,17H,1-5,11H2,(H,12,13)(H,14,15). The van der Waals surface area contributed by atoms with Crippen LogP contribution in [0, 0.1) is 0 Å². The molecule has 0 aliphatic carbocycles. The summed E-state index contributed by atoms with van der Waals surface area (Å²) in [5.74, 6) is -4.07. The molecule has 0 heterocycles. The summed E-state index contributed by atoms with van der Waals surface area (Å²) < 4.78 is 0. The van der Waals surface area contributed by atoms with Crippen molar-refractivity contribution in [2.24, 2.45) is 5.73 Å². The minimum absolute atomic E-state index is 0.0864. The van der Waals surface area contributed by atoms with Gasteiger partial charge >= 0.3 is 17.9 Å². The van der Waals surface area contributed by atoms with Gasteiger partial charge in [-0.05, 0) is 12.8 Å². The SMILES string of the molecule is NCC(=O)NC(O)C(=O)OOC(=O)CCCCC(=O)O. The van der Waals surface area contributed by atoms with Gasteiger partial charge in [-0.15, -0.1) is 0 Å². The molecule has 20 heavy (non-hydrogen) atoms. The normalized spacial score (nSPS) is 11.3. The number of carbonyl (C=O) groups is 4. The third-order valence-electron chi connectivity index (χ3n) is 1.94. The fraction of sp³-hybridized carbons (Fsp3) is 0.600. The molecule has 0 aromatic carbocycles. The van der Waals surface area contributed by atoms with Crippen molar-refractivity contribution in [1.29, 1.82) is 0 Å². The van der Waals surface area contributed by atoms with Gasteiger partial charge in [-0.3, -0.25) is 9.59 Å². The number of rotatable bonds is 8. The van der Waals surface area contributed by atoms with E-state index in [-0.39, 0.29) is 25.7 Å². The number of carboxylic acids is 1. The van der Waals surface area contributed by atoms with Gasteiger partial charge in [0.05, 0.1) is 13.0 Å². The molecule has 1 unspecified atom stereocenters. The Labute approximate surface area is 113 Å². The zero-order chi connectivity index (χ0) is 15.5. The number of nitrogens with two attached hydrogens (primary N) is 1. The van der Waals surface area contributed by atoms with Crippen molar-refractivity contribution in [1.82, 2.24) is 5.32 Å². The largest absolute Gasteiger partial charge is 0.481 e. The van der Waals surface area contributed by atoms with Gasteiger partial charge in [0.2, 0.25) is 12.1 Å². The molecule has 0 aromatic heterocycles. The summed E-state index contributed by atoms with van der Waals surface area (Å²) in [7, 11) is 0. The van der Waals surface area contributed by atoms with Gasteiger partial charge in [-0.25, -0.2) is 19.4 Å². The molecule has 0 saturated heterocycles. The maximum Gasteiger partial charge on any atom is 0.404 e. The summed E-state index contributed by atoms with van der Waals surface area (Å²) >= 11 is 0. The Bertz CT molecular complexity index is 370. The molecule has 0 fully saturated rings. The van der Waals surface area contributed by atoms with Crippen molar-refractivity contribution in [3.8, 4) is 0 Å². The van der Waals surface area contributed by atoms with Crippen LogP contribution in [0.25, 0.3) is 0 Å². The van der Waals surface area contributed by atoms with E-state index in [1.807, 2.05) is 0 Å². The molecular formula is C10H16N2O8. The monoisotopic (exact) mass is 292 g/mol. The fourth-order valence-electron chi connectivity index (χ4n) is 0.991. The van der Waals surface area contributed by atoms with Gasteiger partial charge in [-0.1, -0.05) is 0 Å². The van der Waals surface area contributed by atoms with Gasteiger partial charge in [-0.2, -0.15) is 0 Å². The van der Waals surface area contributed by atoms with Gasteiger partial charge in [0.1, 0.15) is 0 Å². The van der Waals surface area contributed by atoms with Gasteiger partial charge in [0, 0.05) is 6.42 Å². The second-order valence-electron chi connectivity index (χ2n) is 3.63. The Morgan fingerprint density at radius 1 is 1.10 bits per heavy atom. The van der Waals surface area contributed by atoms with E-state index in [1.165, 1.54) is 0 Å². The minimum atomic E-state index is -1.99. The van der Waals surface area contributed by atoms with E-state index in [1.54, 1.807) is 5.32 Å². The highest BCUT2D eigenvalue weighted by molar-refractivity contribution is 5.84. The van der Waals surface area contributed by atoms with Crippen molar-refractivity contribution in [2.75, 3.05) is 6.54 Å². The number of amides is 1. The number of carboxylic acid groups (broad SMARTS) is 1. The van der Waals surface area contributed by atoms with Crippen LogP contribution in [0.3, 0.4) is 0 Å². The second-order valence-corrected chi connectivity index (χ2v) is 3.63. The molecule has 5 N–H and O–H groups in total. The first-order chi connectivity index (χ1) is 9.36. The zero-order valence-corrected chi connectivity index (χ0v) is 10.5. The first-order valence-electron chi connectivity index (χ1n) is 5.67. The summed E-state index contributed by atoms with van der Waals surface area (Å²) in [5.41, 5.74) is 4.93. The van der Waals surface area contributed by atoms with E-state index in [2.05, 4.69) is 9.78 Å². The van der Waals surface area contributed by atoms with Crippen LogP contribution in [0.5, 0.6) is 0 Å². The molecule has 0 bridgehead atoms. The zero-order valence-electron chi connectivity index (χ0n) is 10.5. The number of aliphatic carboxylic acids is 1. The van der Waals surface area contributed by atoms with E-state index in [0.717, 1.165) is 0 Å². The molecular weight excluding hydrogens is 276 g/mol. The Morgan fingerprint density at radius 2 is 1.70 bits per heavy atom. The highest BCUT2D eigenvalue weighted by atomic mass is 17.2. The van der Waals surface area contributed by atoms with Crippen molar-refractivity contribution in [3.05, 3.63) is 0 Å². The van der Waals surface area contributed by atoms with Crippen LogP contribution in [0.4, 0.5) is 0 Å². The summed E-state index contributed by atoms with van der Waals surface area (Å²) in [6.45, 7) is -0.437. The topological polar surface area (TPSA) is 165 Å². The van der Waals surface area contributed by atoms with E-state index in [4.69, 9.17) is 15.9 Å². The number of hydrogen-bond acceptors (Lipinski definition) is 8. The number of hydrogen-bond donors (Lipinski definition) is 4. The van der Waals surface area contributed by atoms with E-state index >= 15 is 0 Å². The Balaban J connectivity index is 3.80. The lowest BCUT2D eigenvalue weighted by Gasteiger charge is -2.09. The number of aliphatic hydroxyl groups excluding tert-OH is 1. The maximum atomic E-state index is 11.1. The third kappa shape index (κ3) is 8.83. The molecule has 0 radical (unpaired) electrons. The minimum Gasteiger partial charge on any atom is -0.481 e. The molecule has 0 rings (SSSR count). The van der Waals surface area contributed by atoms with Crippen molar-refractivity contribution in [3.63, 3.8) is 0 Å². The van der Waals surface area contributed by atoms with Crippen LogP contribution in [0.2, 0.25) is 0 Å². The summed E-state index contributed by atoms with van der Waals surface area (Å²) in [5, 5.41) is 19.2. The lowest BCUT2D eigenvalue weighted by Crippen LogP contribution is -2.44. The number of nitrogens with one attached hydrogen (secondary N) is 1. The molecule has 1 atom stereocenters. The molecule has 0 aliphatic heterocycles. The Morgan fingerprint density at radius 3 is 2.25 bits per heavy atom. The smallest absolute Gasteiger partial charge is 0.404 e. The van der Waals surface area contributed by atoms with Gasteiger partial charge in [0.25, 0.3) is 0 Å². The van der Waals surface area contributed by atoms with Gasteiger partial charge in [0.15, 0.2) is 0 Å². The van der Waals surface area contributed by atoms with Crippen molar-refractivity contribution >= 4 is 23.8 Å². The predicted octanol–water partition coefficient (Wildman–Crippen LogP) is -1.97. The molecule has 10 heteroatoms. The quantitative estimate of drug-likeness (QED) is 0.172. The lowest BCUT2D eigenvalue weighted by atomic mass is 10.2. The van der Waals surface area contributed by atoms with Crippen molar-refractivity contribution in [2.45, 2.75) is 31.9 Å². The van der Waals surface area contributed by atoms with Gasteiger partial charge < -0.3 is 21.3 Å². The molecule has 10 nitrogen and oxygen atoms in total. The van der Waals surface area contributed by atoms with Crippen LogP contribution in [-0.2, 0) is 29.0 Å². The average Bonchev–Trinajstić information content (AvgIpc) is 2.40. The van der Waals surface area contributed by atoms with Crippen molar-refractivity contribution < 1.29 is 39.2 Å². The Kier molecular flexibility index (Phi) is 8.63. The number of unbranched alkanes of at least 4 members (excludes halogenated alkanes) is 1. The lowest BCUT2D eigenvalue weighted by molar-refractivity contribution is -0.265. The first-order valence-corrected chi connectivity index (χ1v) is 5.67. The average molecular weight is 292 g/mol. The maximum absolute atomic E-state index is 11.1. The van der Waals surface area contributed by atoms with E-state index in [9.17, 15) is 19.2 Å². The first kappa shape index (κ1) is 17.8. The predicted molar refractivity (Wildman–Crippen MR) is 61.5 cm³/mol. The number of carbonyl (C=O) groups excluding carboxylic acids is 3. The second kappa shape index (κ2) is 9.69. The molecule has 0 spiro atoms. The van der Waals surface area contributed by atoms with Crippen LogP contribution in [0.15, 0.2) is 0 Å². The molecule has 0 aromatic rings. The van der Waals surface area contributed by atoms with E-state index < -0.39 is 36.6 Å². The molecule has 0 saturated carbocycles. The summed E-state index contributed by atoms with van der Waals surface area (Å²) in [4.78, 5) is 51.1. The highest BCUT2D eigenvalue weighted by Crippen LogP contribution is 2.02. The van der Waals surface area contributed by atoms with Crippen LogP contribution in [0.1, 0.15) is 25.7 Å². The Hall–Kier alpha value is -2.20. The fourth-order valence-corrected chi connectivity index (χ4v) is 0.991. The van der Waals surface area contributed by atoms with E-state index in [0.29, 0.717) is 0 Å². The molecule has 1 amide bonds. The van der Waals surface area contributed by atoms with Crippen LogP contribution in [-0.4, -0.2) is 46.8 Å². The summed E-state index contributed by atoms with van der Waals surface area (Å²) in [6, 6.07) is 0. The highest BCUT2D eigenvalue weighted by Gasteiger charge is 2.21.